The van der Waals surface area contributed by atoms with E-state index in [0.717, 1.165) is 11.3 Å². The van der Waals surface area contributed by atoms with Crippen molar-refractivity contribution in [2.24, 2.45) is 0 Å². The highest BCUT2D eigenvalue weighted by atomic mass is 32.2. The van der Waals surface area contributed by atoms with Crippen LogP contribution in [0.2, 0.25) is 0 Å². The van der Waals surface area contributed by atoms with E-state index < -0.39 is 0 Å². The highest BCUT2D eigenvalue weighted by Gasteiger charge is 2.08. The summed E-state index contributed by atoms with van der Waals surface area (Å²) in [5, 5.41) is 17.9. The van der Waals surface area contributed by atoms with Crippen molar-refractivity contribution in [3.05, 3.63) is 23.8 Å². The number of thioether (sulfide) groups is 1. The minimum atomic E-state index is 0.173. The van der Waals surface area contributed by atoms with E-state index >= 15 is 0 Å². The maximum atomic E-state index is 8.80. The molecule has 0 spiro atoms. The molecule has 15 heavy (non-hydrogen) atoms. The van der Waals surface area contributed by atoms with Crippen LogP contribution in [0.15, 0.2) is 23.1 Å². The van der Waals surface area contributed by atoms with E-state index in [1.807, 2.05) is 19.1 Å². The summed E-state index contributed by atoms with van der Waals surface area (Å²) >= 11 is 1.59. The summed E-state index contributed by atoms with van der Waals surface area (Å²) in [6, 6.07) is 7.48. The molecule has 80 valence electrons. The summed E-state index contributed by atoms with van der Waals surface area (Å²) in [5.74, 6) is 0. The van der Waals surface area contributed by atoms with Crippen LogP contribution in [0.3, 0.4) is 0 Å². The average Bonchev–Trinajstić information content (AvgIpc) is 2.21. The second-order valence-electron chi connectivity index (χ2n) is 3.27. The van der Waals surface area contributed by atoms with E-state index in [-0.39, 0.29) is 6.61 Å². The van der Waals surface area contributed by atoms with E-state index in [1.54, 1.807) is 17.8 Å². The van der Waals surface area contributed by atoms with Crippen molar-refractivity contribution in [1.29, 1.82) is 5.26 Å². The number of benzene rings is 1. The Labute approximate surface area is 93.9 Å². The van der Waals surface area contributed by atoms with E-state index in [0.29, 0.717) is 16.5 Å². The monoisotopic (exact) mass is 222 g/mol. The first kappa shape index (κ1) is 11.9. The van der Waals surface area contributed by atoms with E-state index in [9.17, 15) is 0 Å². The zero-order valence-corrected chi connectivity index (χ0v) is 9.42. The van der Waals surface area contributed by atoms with E-state index in [4.69, 9.17) is 16.1 Å². The molecular weight excluding hydrogens is 208 g/mol. The molecular formula is C11H14N2OS. The third-order valence-electron chi connectivity index (χ3n) is 2.05. The van der Waals surface area contributed by atoms with Gasteiger partial charge in [0.25, 0.3) is 0 Å². The Bertz CT molecular complexity index is 373. The molecule has 0 saturated heterocycles. The van der Waals surface area contributed by atoms with E-state index in [2.05, 4.69) is 6.07 Å². The second-order valence-corrected chi connectivity index (χ2v) is 4.75. The van der Waals surface area contributed by atoms with Gasteiger partial charge in [-0.15, -0.1) is 11.8 Å². The van der Waals surface area contributed by atoms with Gasteiger partial charge in [0.2, 0.25) is 0 Å². The van der Waals surface area contributed by atoms with Crippen molar-refractivity contribution in [2.45, 2.75) is 23.5 Å². The Morgan fingerprint density at radius 2 is 2.33 bits per heavy atom. The summed E-state index contributed by atoms with van der Waals surface area (Å²) in [6.07, 6.45) is 0.723. The number of aliphatic hydroxyl groups is 1. The van der Waals surface area contributed by atoms with Gasteiger partial charge in [-0.3, -0.25) is 0 Å². The largest absolute Gasteiger partial charge is 0.397 e. The van der Waals surface area contributed by atoms with E-state index in [1.165, 1.54) is 0 Å². The molecule has 1 aromatic rings. The summed E-state index contributed by atoms with van der Waals surface area (Å²) in [4.78, 5) is 0.912. The SMILES string of the molecule is CC(CCO)Sc1cccc(C#N)c1N. The molecule has 1 atom stereocenters. The van der Waals surface area contributed by atoms with Gasteiger partial charge in [-0.1, -0.05) is 13.0 Å². The molecule has 0 heterocycles. The van der Waals surface area contributed by atoms with Crippen LogP contribution in [0.4, 0.5) is 5.69 Å². The molecule has 0 aromatic heterocycles. The number of nitrogen functional groups attached to an aromatic ring is 1. The molecule has 0 aliphatic heterocycles. The van der Waals surface area contributed by atoms with Crippen LogP contribution < -0.4 is 5.73 Å². The smallest absolute Gasteiger partial charge is 0.101 e. The van der Waals surface area contributed by atoms with Gasteiger partial charge in [-0.2, -0.15) is 5.26 Å². The quantitative estimate of drug-likeness (QED) is 0.604. The molecule has 0 fully saturated rings. The lowest BCUT2D eigenvalue weighted by Gasteiger charge is -2.11. The first-order valence-corrected chi connectivity index (χ1v) is 5.63. The highest BCUT2D eigenvalue weighted by Crippen LogP contribution is 2.31. The Morgan fingerprint density at radius 3 is 2.93 bits per heavy atom. The molecule has 1 unspecified atom stereocenters. The van der Waals surface area contributed by atoms with Crippen molar-refractivity contribution in [3.8, 4) is 6.07 Å². The van der Waals surface area contributed by atoms with Gasteiger partial charge in [0, 0.05) is 16.8 Å². The first-order chi connectivity index (χ1) is 7.19. The molecule has 3 nitrogen and oxygen atoms in total. The Hall–Kier alpha value is -1.18. The zero-order valence-electron chi connectivity index (χ0n) is 8.60. The van der Waals surface area contributed by atoms with Gasteiger partial charge in [-0.25, -0.2) is 0 Å². The number of nitrogens with two attached hydrogens (primary N) is 1. The highest BCUT2D eigenvalue weighted by molar-refractivity contribution is 8.00. The number of rotatable bonds is 4. The van der Waals surface area contributed by atoms with Gasteiger partial charge in [0.1, 0.15) is 6.07 Å². The maximum Gasteiger partial charge on any atom is 0.101 e. The van der Waals surface area contributed by atoms with Gasteiger partial charge in [0.05, 0.1) is 11.3 Å². The minimum absolute atomic E-state index is 0.173. The van der Waals surface area contributed by atoms with Crippen molar-refractivity contribution in [1.82, 2.24) is 0 Å². The Kier molecular flexibility index (Phi) is 4.47. The summed E-state index contributed by atoms with van der Waals surface area (Å²) in [5.41, 5.74) is 6.88. The molecule has 4 heteroatoms. The number of aliphatic hydroxyl groups excluding tert-OH is 1. The number of hydrogen-bond donors (Lipinski definition) is 2. The number of nitrogens with zero attached hydrogens (tertiary/aromatic N) is 1. The van der Waals surface area contributed by atoms with Gasteiger partial charge in [0.15, 0.2) is 0 Å². The number of nitriles is 1. The van der Waals surface area contributed by atoms with Crippen LogP contribution in [0, 0.1) is 11.3 Å². The zero-order chi connectivity index (χ0) is 11.3. The van der Waals surface area contributed by atoms with Crippen molar-refractivity contribution in [3.63, 3.8) is 0 Å². The van der Waals surface area contributed by atoms with Crippen LogP contribution in [-0.4, -0.2) is 17.0 Å². The summed E-state index contributed by atoms with van der Waals surface area (Å²) in [7, 11) is 0. The molecule has 0 aliphatic rings. The Morgan fingerprint density at radius 1 is 1.60 bits per heavy atom. The Balaban J connectivity index is 2.82. The van der Waals surface area contributed by atoms with Crippen LogP contribution >= 0.6 is 11.8 Å². The molecule has 0 bridgehead atoms. The lowest BCUT2D eigenvalue weighted by Crippen LogP contribution is -2.01. The van der Waals surface area contributed by atoms with Gasteiger partial charge in [-0.05, 0) is 18.6 Å². The van der Waals surface area contributed by atoms with Gasteiger partial charge >= 0.3 is 0 Å². The lowest BCUT2D eigenvalue weighted by atomic mass is 10.2. The third-order valence-corrected chi connectivity index (χ3v) is 3.30. The fraction of sp³-hybridized carbons (Fsp3) is 0.364. The minimum Gasteiger partial charge on any atom is -0.397 e. The lowest BCUT2D eigenvalue weighted by molar-refractivity contribution is 0.289. The predicted octanol–water partition coefficient (Wildman–Crippen LogP) is 2.00. The maximum absolute atomic E-state index is 8.80. The number of anilines is 1. The molecule has 1 rings (SSSR count). The fourth-order valence-corrected chi connectivity index (χ4v) is 2.25. The van der Waals surface area contributed by atoms with Crippen LogP contribution in [0.25, 0.3) is 0 Å². The third kappa shape index (κ3) is 3.15. The standard InChI is InChI=1S/C11H14N2OS/c1-8(5-6-14)15-10-4-2-3-9(7-12)11(10)13/h2-4,8,14H,5-6,13H2,1H3. The number of hydrogen-bond acceptors (Lipinski definition) is 4. The fourth-order valence-electron chi connectivity index (χ4n) is 1.20. The first-order valence-electron chi connectivity index (χ1n) is 4.75. The van der Waals surface area contributed by atoms with Crippen LogP contribution in [-0.2, 0) is 0 Å². The molecule has 0 radical (unpaired) electrons. The van der Waals surface area contributed by atoms with Crippen molar-refractivity contribution >= 4 is 17.4 Å². The second kappa shape index (κ2) is 5.64. The topological polar surface area (TPSA) is 70.0 Å². The normalized spacial score (nSPS) is 12.1. The summed E-state index contributed by atoms with van der Waals surface area (Å²) < 4.78 is 0. The van der Waals surface area contributed by atoms with Crippen LogP contribution in [0.5, 0.6) is 0 Å². The molecule has 0 amide bonds. The molecule has 0 saturated carbocycles. The van der Waals surface area contributed by atoms with Gasteiger partial charge < -0.3 is 10.8 Å². The van der Waals surface area contributed by atoms with Crippen LogP contribution in [0.1, 0.15) is 18.9 Å². The number of para-hydroxylation sites is 1. The average molecular weight is 222 g/mol. The molecule has 3 N–H and O–H groups in total. The van der Waals surface area contributed by atoms with Crippen molar-refractivity contribution in [2.75, 3.05) is 12.3 Å². The molecule has 1 aromatic carbocycles. The molecule has 0 aliphatic carbocycles. The van der Waals surface area contributed by atoms with Crippen molar-refractivity contribution < 1.29 is 5.11 Å². The summed E-state index contributed by atoms with van der Waals surface area (Å²) in [6.45, 7) is 2.20. The predicted molar refractivity (Wildman–Crippen MR) is 62.6 cm³/mol.